The van der Waals surface area contributed by atoms with Crippen molar-refractivity contribution in [2.24, 2.45) is 0 Å². The Kier molecular flexibility index (Phi) is 4.33. The molecule has 0 radical (unpaired) electrons. The molecule has 4 nitrogen and oxygen atoms in total. The van der Waals surface area contributed by atoms with E-state index < -0.39 is 18.0 Å². The standard InChI is InChI=1S/C10H10F3NO3/c11-10(12,13)17-8-3-1-7(2-4-8)9(16)14-5-6-15/h1-4,15H,5-6H2,(H,14,16). The molecule has 0 aliphatic heterocycles. The van der Waals surface area contributed by atoms with E-state index in [0.29, 0.717) is 0 Å². The first-order valence-electron chi connectivity index (χ1n) is 4.67. The molecule has 1 aromatic carbocycles. The average molecular weight is 249 g/mol. The molecule has 0 spiro atoms. The lowest BCUT2D eigenvalue weighted by molar-refractivity contribution is -0.274. The van der Waals surface area contributed by atoms with Crippen molar-refractivity contribution in [3.8, 4) is 5.75 Å². The van der Waals surface area contributed by atoms with Crippen LogP contribution in [-0.4, -0.2) is 30.5 Å². The van der Waals surface area contributed by atoms with Gasteiger partial charge in [0.25, 0.3) is 5.91 Å². The molecule has 0 heterocycles. The molecule has 1 rings (SSSR count). The van der Waals surface area contributed by atoms with Gasteiger partial charge in [-0.2, -0.15) is 0 Å². The number of rotatable bonds is 4. The fourth-order valence-corrected chi connectivity index (χ4v) is 1.08. The lowest BCUT2D eigenvalue weighted by atomic mass is 10.2. The van der Waals surface area contributed by atoms with Crippen molar-refractivity contribution in [3.63, 3.8) is 0 Å². The third-order valence-corrected chi connectivity index (χ3v) is 1.75. The summed E-state index contributed by atoms with van der Waals surface area (Å²) in [6.45, 7) is -0.124. The number of benzene rings is 1. The van der Waals surface area contributed by atoms with Crippen LogP contribution in [0.1, 0.15) is 10.4 Å². The van der Waals surface area contributed by atoms with Gasteiger partial charge < -0.3 is 15.2 Å². The molecule has 0 fully saturated rings. The van der Waals surface area contributed by atoms with Crippen LogP contribution in [0.25, 0.3) is 0 Å². The first-order valence-corrected chi connectivity index (χ1v) is 4.67. The zero-order chi connectivity index (χ0) is 12.9. The van der Waals surface area contributed by atoms with Crippen LogP contribution in [0, 0.1) is 0 Å². The van der Waals surface area contributed by atoms with Gasteiger partial charge in [-0.1, -0.05) is 0 Å². The normalized spacial score (nSPS) is 11.1. The number of hydrogen-bond donors (Lipinski definition) is 2. The molecule has 0 bridgehead atoms. The molecule has 17 heavy (non-hydrogen) atoms. The maximum atomic E-state index is 11.8. The summed E-state index contributed by atoms with van der Waals surface area (Å²) in [5.74, 6) is -0.867. The molecule has 0 saturated carbocycles. The Morgan fingerprint density at radius 2 is 1.88 bits per heavy atom. The van der Waals surface area contributed by atoms with Crippen molar-refractivity contribution >= 4 is 5.91 Å². The van der Waals surface area contributed by atoms with Gasteiger partial charge in [0, 0.05) is 12.1 Å². The highest BCUT2D eigenvalue weighted by Crippen LogP contribution is 2.22. The number of hydrogen-bond acceptors (Lipinski definition) is 3. The highest BCUT2D eigenvalue weighted by molar-refractivity contribution is 5.94. The Bertz CT molecular complexity index is 375. The monoisotopic (exact) mass is 249 g/mol. The lowest BCUT2D eigenvalue weighted by Gasteiger charge is -2.09. The number of nitrogens with one attached hydrogen (secondary N) is 1. The van der Waals surface area contributed by atoms with Crippen LogP contribution in [0.2, 0.25) is 0 Å². The van der Waals surface area contributed by atoms with Crippen LogP contribution >= 0.6 is 0 Å². The summed E-state index contributed by atoms with van der Waals surface area (Å²) in [6, 6.07) is 4.49. The Morgan fingerprint density at radius 3 is 2.35 bits per heavy atom. The summed E-state index contributed by atoms with van der Waals surface area (Å²) >= 11 is 0. The zero-order valence-corrected chi connectivity index (χ0v) is 8.62. The lowest BCUT2D eigenvalue weighted by Crippen LogP contribution is -2.26. The summed E-state index contributed by atoms with van der Waals surface area (Å²) in [4.78, 5) is 11.3. The minimum atomic E-state index is -4.75. The number of carbonyl (C=O) groups excluding carboxylic acids is 1. The molecule has 0 saturated heterocycles. The van der Waals surface area contributed by atoms with Gasteiger partial charge in [-0.15, -0.1) is 13.2 Å². The van der Waals surface area contributed by atoms with Crippen molar-refractivity contribution < 1.29 is 27.8 Å². The fraction of sp³-hybridized carbons (Fsp3) is 0.300. The molecule has 1 aromatic rings. The second-order valence-corrected chi connectivity index (χ2v) is 3.05. The minimum Gasteiger partial charge on any atom is -0.406 e. The van der Waals surface area contributed by atoms with Crippen LogP contribution in [0.3, 0.4) is 0 Å². The highest BCUT2D eigenvalue weighted by atomic mass is 19.4. The second kappa shape index (κ2) is 5.53. The summed E-state index contributed by atoms with van der Waals surface area (Å²) in [5.41, 5.74) is 0.188. The number of alkyl halides is 3. The first kappa shape index (κ1) is 13.3. The molecule has 0 unspecified atom stereocenters. The van der Waals surface area contributed by atoms with E-state index in [4.69, 9.17) is 5.11 Å². The minimum absolute atomic E-state index is 0.0830. The number of aliphatic hydroxyl groups excluding tert-OH is 1. The molecular weight excluding hydrogens is 239 g/mol. The first-order chi connectivity index (χ1) is 7.92. The van der Waals surface area contributed by atoms with E-state index in [1.54, 1.807) is 0 Å². The van der Waals surface area contributed by atoms with E-state index in [0.717, 1.165) is 12.1 Å². The smallest absolute Gasteiger partial charge is 0.406 e. The van der Waals surface area contributed by atoms with E-state index >= 15 is 0 Å². The molecule has 2 N–H and O–H groups in total. The van der Waals surface area contributed by atoms with Crippen molar-refractivity contribution in [1.29, 1.82) is 0 Å². The largest absolute Gasteiger partial charge is 0.573 e. The maximum Gasteiger partial charge on any atom is 0.573 e. The van der Waals surface area contributed by atoms with Gasteiger partial charge in [0.05, 0.1) is 6.61 Å². The van der Waals surface area contributed by atoms with Gasteiger partial charge in [-0.25, -0.2) is 0 Å². The van der Waals surface area contributed by atoms with Gasteiger partial charge in [0.2, 0.25) is 0 Å². The van der Waals surface area contributed by atoms with Crippen molar-refractivity contribution in [3.05, 3.63) is 29.8 Å². The molecule has 1 amide bonds. The SMILES string of the molecule is O=C(NCCO)c1ccc(OC(F)(F)F)cc1. The number of carbonyl (C=O) groups is 1. The molecule has 0 aromatic heterocycles. The number of halogens is 3. The summed E-state index contributed by atoms with van der Waals surface area (Å²) in [5, 5.41) is 10.8. The Hall–Kier alpha value is -1.76. The number of aliphatic hydroxyl groups is 1. The summed E-state index contributed by atoms with van der Waals surface area (Å²) < 4.78 is 39.2. The topological polar surface area (TPSA) is 58.6 Å². The zero-order valence-electron chi connectivity index (χ0n) is 8.62. The third kappa shape index (κ3) is 4.73. The predicted molar refractivity (Wildman–Crippen MR) is 52.5 cm³/mol. The average Bonchev–Trinajstić information content (AvgIpc) is 2.24. The van der Waals surface area contributed by atoms with E-state index in [1.807, 2.05) is 0 Å². The van der Waals surface area contributed by atoms with Gasteiger partial charge in [0.15, 0.2) is 0 Å². The van der Waals surface area contributed by atoms with Gasteiger partial charge in [-0.05, 0) is 24.3 Å². The molecule has 0 aliphatic rings. The molecule has 94 valence electrons. The molecule has 0 aliphatic carbocycles. The molecule has 0 atom stereocenters. The van der Waals surface area contributed by atoms with Gasteiger partial charge >= 0.3 is 6.36 Å². The van der Waals surface area contributed by atoms with E-state index in [2.05, 4.69) is 10.1 Å². The maximum absolute atomic E-state index is 11.8. The van der Waals surface area contributed by atoms with Crippen LogP contribution < -0.4 is 10.1 Å². The van der Waals surface area contributed by atoms with E-state index in [-0.39, 0.29) is 18.7 Å². The second-order valence-electron chi connectivity index (χ2n) is 3.05. The van der Waals surface area contributed by atoms with Crippen molar-refractivity contribution in [2.45, 2.75) is 6.36 Å². The van der Waals surface area contributed by atoms with E-state index in [9.17, 15) is 18.0 Å². The number of ether oxygens (including phenoxy) is 1. The third-order valence-electron chi connectivity index (χ3n) is 1.75. The Morgan fingerprint density at radius 1 is 1.29 bits per heavy atom. The van der Waals surface area contributed by atoms with Gasteiger partial charge in [0.1, 0.15) is 5.75 Å². The highest BCUT2D eigenvalue weighted by Gasteiger charge is 2.30. The van der Waals surface area contributed by atoms with Crippen molar-refractivity contribution in [1.82, 2.24) is 5.32 Å². The summed E-state index contributed by atoms with van der Waals surface area (Å²) in [7, 11) is 0. The van der Waals surface area contributed by atoms with Crippen molar-refractivity contribution in [2.75, 3.05) is 13.2 Å². The Labute approximate surface area is 95.0 Å². The van der Waals surface area contributed by atoms with Crippen LogP contribution in [-0.2, 0) is 0 Å². The fourth-order valence-electron chi connectivity index (χ4n) is 1.08. The quantitative estimate of drug-likeness (QED) is 0.845. The van der Waals surface area contributed by atoms with E-state index in [1.165, 1.54) is 12.1 Å². The van der Waals surface area contributed by atoms with Gasteiger partial charge in [-0.3, -0.25) is 4.79 Å². The van der Waals surface area contributed by atoms with Crippen LogP contribution in [0.4, 0.5) is 13.2 Å². The Balaban J connectivity index is 2.64. The predicted octanol–water partition coefficient (Wildman–Crippen LogP) is 1.31. The molecular formula is C10H10F3NO3. The summed E-state index contributed by atoms with van der Waals surface area (Å²) in [6.07, 6.45) is -4.75. The number of amides is 1. The molecule has 7 heteroatoms. The van der Waals surface area contributed by atoms with Crippen LogP contribution in [0.15, 0.2) is 24.3 Å². The van der Waals surface area contributed by atoms with Crippen LogP contribution in [0.5, 0.6) is 5.75 Å².